The largest absolute Gasteiger partial charge is 0.335 e. The predicted octanol–water partition coefficient (Wildman–Crippen LogP) is 1.70. The number of piperazine rings is 1. The Morgan fingerprint density at radius 2 is 2.10 bits per heavy atom. The summed E-state index contributed by atoms with van der Waals surface area (Å²) in [6.07, 6.45) is 0. The van der Waals surface area contributed by atoms with E-state index < -0.39 is 33.7 Å². The van der Waals surface area contributed by atoms with E-state index in [4.69, 9.17) is 0 Å². The van der Waals surface area contributed by atoms with Crippen LogP contribution in [0, 0.1) is 21.7 Å². The molecule has 6 nitrogen and oxygen atoms in total. The second-order valence-electron chi connectivity index (χ2n) is 5.58. The third-order valence-electron chi connectivity index (χ3n) is 3.30. The first-order chi connectivity index (χ1) is 9.71. The number of benzene rings is 1. The van der Waals surface area contributed by atoms with Crippen molar-refractivity contribution in [2.24, 2.45) is 0 Å². The lowest BCUT2D eigenvalue weighted by Gasteiger charge is -2.39. The summed E-state index contributed by atoms with van der Waals surface area (Å²) in [7, 11) is 0. The number of hydrogen-bond acceptors (Lipinski definition) is 4. The quantitative estimate of drug-likeness (QED) is 0.666. The van der Waals surface area contributed by atoms with Crippen molar-refractivity contribution in [2.75, 3.05) is 19.6 Å². The molecule has 114 valence electrons. The van der Waals surface area contributed by atoms with E-state index in [0.29, 0.717) is 31.8 Å². The Hall–Kier alpha value is -2.09. The predicted molar refractivity (Wildman–Crippen MR) is 71.0 cm³/mol. The van der Waals surface area contributed by atoms with Crippen LogP contribution in [0.4, 0.5) is 14.5 Å². The molecule has 8 heteroatoms. The second kappa shape index (κ2) is 5.36. The monoisotopic (exact) mass is 299 g/mol. The molecule has 21 heavy (non-hydrogen) atoms. The third kappa shape index (κ3) is 3.15. The maximum atomic E-state index is 14.0. The number of nitro benzene ring substituents is 1. The standard InChI is InChI=1S/C13H15F2N3O3/c1-13(2)7-17(4-3-16-13)12(19)9-5-8(14)6-10(11(9)15)18(20)21/h5-6,16H,3-4,7H2,1-2H3. The van der Waals surface area contributed by atoms with Crippen LogP contribution in [0.3, 0.4) is 0 Å². The molecule has 0 radical (unpaired) electrons. The highest BCUT2D eigenvalue weighted by Gasteiger charge is 2.32. The van der Waals surface area contributed by atoms with Gasteiger partial charge in [-0.3, -0.25) is 14.9 Å². The SMILES string of the molecule is CC1(C)CN(C(=O)c2cc(F)cc([N+](=O)[O-])c2F)CCN1. The molecule has 1 heterocycles. The summed E-state index contributed by atoms with van der Waals surface area (Å²) < 4.78 is 27.4. The molecule has 0 bridgehead atoms. The molecule has 1 aliphatic rings. The molecule has 0 atom stereocenters. The van der Waals surface area contributed by atoms with Gasteiger partial charge in [0, 0.05) is 25.2 Å². The number of hydrogen-bond donors (Lipinski definition) is 1. The average molecular weight is 299 g/mol. The van der Waals surface area contributed by atoms with E-state index in [-0.39, 0.29) is 5.54 Å². The van der Waals surface area contributed by atoms with Crippen LogP contribution in [-0.2, 0) is 0 Å². The molecule has 1 aromatic rings. The molecular formula is C13H15F2N3O3. The first-order valence-electron chi connectivity index (χ1n) is 6.39. The fraction of sp³-hybridized carbons (Fsp3) is 0.462. The van der Waals surface area contributed by atoms with E-state index >= 15 is 0 Å². The maximum Gasteiger partial charge on any atom is 0.308 e. The van der Waals surface area contributed by atoms with Gasteiger partial charge in [-0.2, -0.15) is 4.39 Å². The van der Waals surface area contributed by atoms with Gasteiger partial charge in [0.25, 0.3) is 5.91 Å². The van der Waals surface area contributed by atoms with Crippen molar-refractivity contribution in [3.8, 4) is 0 Å². The first-order valence-corrected chi connectivity index (χ1v) is 6.39. The Morgan fingerprint density at radius 1 is 1.43 bits per heavy atom. The van der Waals surface area contributed by atoms with E-state index in [1.54, 1.807) is 0 Å². The molecular weight excluding hydrogens is 284 g/mol. The molecule has 1 amide bonds. The zero-order valence-electron chi connectivity index (χ0n) is 11.7. The van der Waals surface area contributed by atoms with Crippen molar-refractivity contribution in [2.45, 2.75) is 19.4 Å². The van der Waals surface area contributed by atoms with Crippen molar-refractivity contribution in [1.82, 2.24) is 10.2 Å². The van der Waals surface area contributed by atoms with E-state index in [1.165, 1.54) is 4.90 Å². The molecule has 1 saturated heterocycles. The zero-order chi connectivity index (χ0) is 15.8. The van der Waals surface area contributed by atoms with Crippen molar-refractivity contribution in [3.05, 3.63) is 39.4 Å². The fourth-order valence-electron chi connectivity index (χ4n) is 2.35. The van der Waals surface area contributed by atoms with Crippen molar-refractivity contribution in [1.29, 1.82) is 0 Å². The van der Waals surface area contributed by atoms with Gasteiger partial charge >= 0.3 is 5.69 Å². The number of rotatable bonds is 2. The summed E-state index contributed by atoms with van der Waals surface area (Å²) in [5.41, 5.74) is -2.00. The van der Waals surface area contributed by atoms with Crippen LogP contribution in [0.5, 0.6) is 0 Å². The van der Waals surface area contributed by atoms with E-state index in [0.717, 1.165) is 0 Å². The van der Waals surface area contributed by atoms with Gasteiger partial charge in [0.2, 0.25) is 5.82 Å². The number of nitrogens with zero attached hydrogens (tertiary/aromatic N) is 2. The average Bonchev–Trinajstić information content (AvgIpc) is 2.38. The molecule has 2 rings (SSSR count). The summed E-state index contributed by atoms with van der Waals surface area (Å²) >= 11 is 0. The molecule has 0 aliphatic carbocycles. The molecule has 1 aliphatic heterocycles. The zero-order valence-corrected chi connectivity index (χ0v) is 11.7. The first kappa shape index (κ1) is 15.3. The highest BCUT2D eigenvalue weighted by atomic mass is 19.1. The third-order valence-corrected chi connectivity index (χ3v) is 3.30. The van der Waals surface area contributed by atoms with Gasteiger partial charge < -0.3 is 10.2 Å². The van der Waals surface area contributed by atoms with Gasteiger partial charge in [0.05, 0.1) is 16.6 Å². The normalized spacial score (nSPS) is 17.6. The maximum absolute atomic E-state index is 14.0. The number of nitrogens with one attached hydrogen (secondary N) is 1. The van der Waals surface area contributed by atoms with Gasteiger partial charge in [0.15, 0.2) is 0 Å². The molecule has 0 unspecified atom stereocenters. The van der Waals surface area contributed by atoms with E-state index in [2.05, 4.69) is 5.32 Å². The molecule has 0 saturated carbocycles. The van der Waals surface area contributed by atoms with Crippen LogP contribution in [0.25, 0.3) is 0 Å². The van der Waals surface area contributed by atoms with E-state index in [9.17, 15) is 23.7 Å². The van der Waals surface area contributed by atoms with Crippen LogP contribution in [0.2, 0.25) is 0 Å². The molecule has 1 fully saturated rings. The van der Waals surface area contributed by atoms with Gasteiger partial charge in [-0.25, -0.2) is 4.39 Å². The van der Waals surface area contributed by atoms with Crippen molar-refractivity contribution < 1.29 is 18.5 Å². The lowest BCUT2D eigenvalue weighted by atomic mass is 10.0. The van der Waals surface area contributed by atoms with Gasteiger partial charge in [-0.15, -0.1) is 0 Å². The van der Waals surface area contributed by atoms with Crippen LogP contribution < -0.4 is 5.32 Å². The lowest BCUT2D eigenvalue weighted by molar-refractivity contribution is -0.387. The Balaban J connectivity index is 2.37. The number of amides is 1. The van der Waals surface area contributed by atoms with Gasteiger partial charge in [0.1, 0.15) is 5.82 Å². The minimum Gasteiger partial charge on any atom is -0.335 e. The van der Waals surface area contributed by atoms with Gasteiger partial charge in [-0.1, -0.05) is 0 Å². The second-order valence-corrected chi connectivity index (χ2v) is 5.58. The molecule has 0 spiro atoms. The number of carbonyl (C=O) groups excluding carboxylic acids is 1. The highest BCUT2D eigenvalue weighted by Crippen LogP contribution is 2.24. The molecule has 1 aromatic carbocycles. The minimum atomic E-state index is -1.30. The summed E-state index contributed by atoms with van der Waals surface area (Å²) in [4.78, 5) is 23.3. The Morgan fingerprint density at radius 3 is 2.67 bits per heavy atom. The van der Waals surface area contributed by atoms with Crippen LogP contribution in [0.1, 0.15) is 24.2 Å². The summed E-state index contributed by atoms with van der Waals surface area (Å²) in [6, 6.07) is 1.16. The fourth-order valence-corrected chi connectivity index (χ4v) is 2.35. The Labute approximate surface area is 119 Å². The van der Waals surface area contributed by atoms with Crippen molar-refractivity contribution in [3.63, 3.8) is 0 Å². The number of nitro groups is 1. The Bertz CT molecular complexity index is 605. The number of carbonyl (C=O) groups is 1. The lowest BCUT2D eigenvalue weighted by Crippen LogP contribution is -2.58. The summed E-state index contributed by atoms with van der Waals surface area (Å²) in [5, 5.41) is 13.9. The highest BCUT2D eigenvalue weighted by molar-refractivity contribution is 5.95. The summed E-state index contributed by atoms with van der Waals surface area (Å²) in [5.74, 6) is -3.06. The molecule has 0 aromatic heterocycles. The smallest absolute Gasteiger partial charge is 0.308 e. The van der Waals surface area contributed by atoms with Crippen LogP contribution in [-0.4, -0.2) is 40.9 Å². The Kier molecular flexibility index (Phi) is 3.91. The van der Waals surface area contributed by atoms with Gasteiger partial charge in [-0.05, 0) is 19.9 Å². The number of halogens is 2. The topological polar surface area (TPSA) is 75.5 Å². The minimum absolute atomic E-state index is 0.301. The molecule has 1 N–H and O–H groups in total. The van der Waals surface area contributed by atoms with Crippen molar-refractivity contribution >= 4 is 11.6 Å². The van der Waals surface area contributed by atoms with Crippen LogP contribution >= 0.6 is 0 Å². The summed E-state index contributed by atoms with van der Waals surface area (Å²) in [6.45, 7) is 4.88. The van der Waals surface area contributed by atoms with Crippen LogP contribution in [0.15, 0.2) is 12.1 Å². The van der Waals surface area contributed by atoms with E-state index in [1.807, 2.05) is 13.8 Å².